The molecule has 12 nitrogen and oxygen atoms in total. The summed E-state index contributed by atoms with van der Waals surface area (Å²) in [5.41, 5.74) is 6.74. The van der Waals surface area contributed by atoms with Gasteiger partial charge in [0.05, 0.1) is 23.6 Å². The van der Waals surface area contributed by atoms with E-state index in [1.807, 2.05) is 9.78 Å². The van der Waals surface area contributed by atoms with Crippen molar-refractivity contribution >= 4 is 74.0 Å². The SMILES string of the molecule is CO/N=C(\C(=O)N[C@@H]1C(=O)N2C(C(=O)[O-])=C(/C=C/c3csc4cncn34)CS[C@H]12)c1csc(N)n1.[Na+]. The van der Waals surface area contributed by atoms with Crippen LogP contribution in [0.3, 0.4) is 0 Å². The number of thioether (sulfide) groups is 1. The van der Waals surface area contributed by atoms with Crippen LogP contribution in [-0.4, -0.2) is 67.0 Å². The molecule has 2 atom stereocenters. The van der Waals surface area contributed by atoms with Gasteiger partial charge < -0.3 is 25.8 Å². The minimum atomic E-state index is -1.47. The summed E-state index contributed by atoms with van der Waals surface area (Å²) < 4.78 is 1.87. The Morgan fingerprint density at radius 2 is 2.14 bits per heavy atom. The number of aromatic nitrogens is 3. The van der Waals surface area contributed by atoms with Gasteiger partial charge in [-0.3, -0.25) is 18.9 Å². The number of carboxylic acid groups (broad SMARTS) is 1. The molecule has 16 heteroatoms. The molecule has 5 rings (SSSR count). The second-order valence-electron chi connectivity index (χ2n) is 7.31. The van der Waals surface area contributed by atoms with E-state index in [-0.39, 0.29) is 51.8 Å². The molecule has 0 bridgehead atoms. The number of carbonyl (C=O) groups excluding carboxylic acids is 3. The van der Waals surface area contributed by atoms with Crippen LogP contribution in [0, 0.1) is 0 Å². The Kier molecular flexibility index (Phi) is 7.87. The van der Waals surface area contributed by atoms with Gasteiger partial charge in [0, 0.05) is 16.5 Å². The molecule has 3 aromatic heterocycles. The first kappa shape index (κ1) is 26.4. The van der Waals surface area contributed by atoms with E-state index in [2.05, 4.69) is 20.4 Å². The van der Waals surface area contributed by atoms with Crippen LogP contribution in [0.25, 0.3) is 10.9 Å². The fourth-order valence-electron chi connectivity index (χ4n) is 3.71. The molecule has 36 heavy (non-hydrogen) atoms. The number of anilines is 1. The van der Waals surface area contributed by atoms with E-state index in [0.717, 1.165) is 26.8 Å². The van der Waals surface area contributed by atoms with Gasteiger partial charge in [-0.2, -0.15) is 0 Å². The number of nitrogen functional groups attached to an aromatic ring is 1. The quantitative estimate of drug-likeness (QED) is 0.133. The van der Waals surface area contributed by atoms with Crippen molar-refractivity contribution in [2.24, 2.45) is 5.16 Å². The number of nitrogens with one attached hydrogen (secondary N) is 1. The summed E-state index contributed by atoms with van der Waals surface area (Å²) in [6.07, 6.45) is 6.82. The molecular weight excluding hydrogens is 537 g/mol. The van der Waals surface area contributed by atoms with Crippen molar-refractivity contribution in [3.05, 3.63) is 52.0 Å². The van der Waals surface area contributed by atoms with Crippen LogP contribution in [0.5, 0.6) is 0 Å². The number of carboxylic acids is 1. The molecule has 1 fully saturated rings. The summed E-state index contributed by atoms with van der Waals surface area (Å²) in [5.74, 6) is -2.42. The molecule has 0 radical (unpaired) electrons. The topological polar surface area (TPSA) is 167 Å². The normalized spacial score (nSPS) is 19.8. The maximum Gasteiger partial charge on any atom is 1.00 e. The Bertz CT molecular complexity index is 1440. The molecule has 0 saturated carbocycles. The Labute approximate surface area is 238 Å². The molecule has 2 amide bonds. The van der Waals surface area contributed by atoms with Gasteiger partial charge >= 0.3 is 29.6 Å². The molecule has 3 aromatic rings. The number of amides is 2. The van der Waals surface area contributed by atoms with E-state index < -0.39 is 29.2 Å². The third kappa shape index (κ3) is 4.69. The zero-order valence-corrected chi connectivity index (χ0v) is 23.4. The number of carbonyl (C=O) groups is 3. The molecule has 0 aliphatic carbocycles. The monoisotopic (exact) mass is 553 g/mol. The number of allylic oxidation sites excluding steroid dienone is 1. The molecule has 0 spiro atoms. The fourth-order valence-corrected chi connectivity index (χ4v) is 6.40. The van der Waals surface area contributed by atoms with Crippen molar-refractivity contribution < 1.29 is 53.9 Å². The Morgan fingerprint density at radius 1 is 1.33 bits per heavy atom. The summed E-state index contributed by atoms with van der Waals surface area (Å²) in [7, 11) is 1.27. The molecule has 0 unspecified atom stereocenters. The third-order valence-electron chi connectivity index (χ3n) is 5.28. The fraction of sp³-hybridized carbons (Fsp3) is 0.200. The summed E-state index contributed by atoms with van der Waals surface area (Å²) in [6, 6.07) is -0.951. The predicted molar refractivity (Wildman–Crippen MR) is 129 cm³/mol. The van der Waals surface area contributed by atoms with Crippen molar-refractivity contribution in [2.75, 3.05) is 18.6 Å². The molecular formula is C20H16N7NaO5S3. The number of oxime groups is 1. The van der Waals surface area contributed by atoms with Crippen LogP contribution in [0.4, 0.5) is 5.13 Å². The third-order valence-corrected chi connectivity index (χ3v) is 8.16. The molecule has 180 valence electrons. The average molecular weight is 554 g/mol. The van der Waals surface area contributed by atoms with Crippen LogP contribution in [-0.2, 0) is 19.2 Å². The van der Waals surface area contributed by atoms with Gasteiger partial charge in [0.2, 0.25) is 0 Å². The van der Waals surface area contributed by atoms with E-state index in [9.17, 15) is 19.5 Å². The van der Waals surface area contributed by atoms with Gasteiger partial charge in [-0.1, -0.05) is 11.2 Å². The van der Waals surface area contributed by atoms with Gasteiger partial charge in [-0.25, -0.2) is 9.97 Å². The number of nitrogens with zero attached hydrogens (tertiary/aromatic N) is 5. The standard InChI is InChI=1S/C20H17N7O5S3.Na/c1-32-25-13(11-7-35-20(21)23-11)16(28)24-14-17(29)27-15(19(30)31)9(5-34-18(14)27)2-3-10-6-33-12-4-22-8-26(10)12;/h2-4,6-8,14,18H,5H2,1H3,(H2,21,23)(H,24,28)(H,30,31);/q;+1/p-1/b3-2+,25-13-;/t14-,18-;/m1./s1. The van der Waals surface area contributed by atoms with Crippen molar-refractivity contribution in [2.45, 2.75) is 11.4 Å². The molecule has 2 aliphatic rings. The Balaban J connectivity index is 0.00000304. The average Bonchev–Trinajstić information content (AvgIpc) is 3.56. The van der Waals surface area contributed by atoms with E-state index in [1.165, 1.54) is 35.6 Å². The first-order valence-corrected chi connectivity index (χ1v) is 12.8. The Morgan fingerprint density at radius 3 is 2.83 bits per heavy atom. The van der Waals surface area contributed by atoms with Crippen LogP contribution < -0.4 is 45.7 Å². The predicted octanol–water partition coefficient (Wildman–Crippen LogP) is -3.09. The largest absolute Gasteiger partial charge is 1.00 e. The van der Waals surface area contributed by atoms with Gasteiger partial charge in [0.1, 0.15) is 35.4 Å². The van der Waals surface area contributed by atoms with Crippen LogP contribution in [0.15, 0.2) is 45.8 Å². The molecule has 1 saturated heterocycles. The van der Waals surface area contributed by atoms with E-state index in [0.29, 0.717) is 11.3 Å². The smallest absolute Gasteiger partial charge is 0.543 e. The van der Waals surface area contributed by atoms with E-state index in [1.54, 1.807) is 24.7 Å². The molecule has 2 aliphatic heterocycles. The van der Waals surface area contributed by atoms with Gasteiger partial charge in [0.15, 0.2) is 10.8 Å². The number of imidazole rings is 1. The summed E-state index contributed by atoms with van der Waals surface area (Å²) in [6.45, 7) is 0. The summed E-state index contributed by atoms with van der Waals surface area (Å²) in [5, 5.41) is 21.4. The number of thiazole rings is 2. The number of β-lactam (4-membered cyclic amide) rings is 1. The van der Waals surface area contributed by atoms with Crippen molar-refractivity contribution in [3.8, 4) is 0 Å². The van der Waals surface area contributed by atoms with Crippen LogP contribution in [0.1, 0.15) is 11.4 Å². The number of hydrogen-bond acceptors (Lipinski definition) is 12. The maximum atomic E-state index is 12.9. The van der Waals surface area contributed by atoms with Crippen molar-refractivity contribution in [3.63, 3.8) is 0 Å². The Hall–Kier alpha value is -2.69. The van der Waals surface area contributed by atoms with Gasteiger partial charge in [-0.15, -0.1) is 34.4 Å². The van der Waals surface area contributed by atoms with Crippen LogP contribution in [0.2, 0.25) is 0 Å². The van der Waals surface area contributed by atoms with Gasteiger partial charge in [0.25, 0.3) is 11.8 Å². The van der Waals surface area contributed by atoms with Crippen molar-refractivity contribution in [1.82, 2.24) is 24.6 Å². The second-order valence-corrected chi connectivity index (χ2v) is 10.2. The first-order valence-electron chi connectivity index (χ1n) is 9.99. The molecule has 3 N–H and O–H groups in total. The number of fused-ring (bicyclic) bond motifs is 2. The number of nitrogens with two attached hydrogens (primary N) is 1. The zero-order chi connectivity index (χ0) is 24.7. The van der Waals surface area contributed by atoms with Crippen molar-refractivity contribution in [1.29, 1.82) is 0 Å². The zero-order valence-electron chi connectivity index (χ0n) is 18.9. The van der Waals surface area contributed by atoms with Gasteiger partial charge in [-0.05, 0) is 11.6 Å². The molecule has 5 heterocycles. The van der Waals surface area contributed by atoms with E-state index in [4.69, 9.17) is 10.6 Å². The minimum absolute atomic E-state index is 0. The first-order chi connectivity index (χ1) is 16.9. The number of rotatable bonds is 7. The number of hydrogen-bond donors (Lipinski definition) is 2. The number of aliphatic carboxylic acids is 1. The van der Waals surface area contributed by atoms with Crippen LogP contribution >= 0.6 is 34.4 Å². The summed E-state index contributed by atoms with van der Waals surface area (Å²) >= 11 is 3.96. The second kappa shape index (κ2) is 10.7. The minimum Gasteiger partial charge on any atom is -0.543 e. The van der Waals surface area contributed by atoms with E-state index >= 15 is 0 Å². The maximum absolute atomic E-state index is 12.9. The summed E-state index contributed by atoms with van der Waals surface area (Å²) in [4.78, 5) is 52.7. The molecule has 0 aromatic carbocycles.